The molecule has 0 aliphatic carbocycles. The van der Waals surface area contributed by atoms with Crippen molar-refractivity contribution in [1.29, 1.82) is 0 Å². The van der Waals surface area contributed by atoms with Crippen LogP contribution in [0.1, 0.15) is 12.0 Å². The Morgan fingerprint density at radius 1 is 0.889 bits per heavy atom. The normalized spacial score (nSPS) is 21.8. The van der Waals surface area contributed by atoms with Crippen molar-refractivity contribution in [2.24, 2.45) is 0 Å². The van der Waals surface area contributed by atoms with E-state index < -0.39 is 0 Å². The van der Waals surface area contributed by atoms with Crippen LogP contribution < -0.4 is 4.90 Å². The molecule has 2 saturated heterocycles. The fourth-order valence-corrected chi connectivity index (χ4v) is 4.32. The second-order valence-electron chi connectivity index (χ2n) is 7.04. The summed E-state index contributed by atoms with van der Waals surface area (Å²) in [6.07, 6.45) is 0.263. The number of amides is 2. The minimum atomic E-state index is -0.344. The summed E-state index contributed by atoms with van der Waals surface area (Å²) in [6, 6.07) is 17.5. The summed E-state index contributed by atoms with van der Waals surface area (Å²) < 4.78 is 0.764. The smallest absolute Gasteiger partial charge is 0.251 e. The molecule has 2 aromatic carbocycles. The Hall–Kier alpha value is -2.02. The minimum absolute atomic E-state index is 0.108. The van der Waals surface area contributed by atoms with Gasteiger partial charge in [-0.2, -0.15) is 0 Å². The van der Waals surface area contributed by atoms with Crippen LogP contribution in [0.15, 0.2) is 59.1 Å². The van der Waals surface area contributed by atoms with Crippen LogP contribution in [0.25, 0.3) is 0 Å². The zero-order chi connectivity index (χ0) is 18.8. The van der Waals surface area contributed by atoms with Gasteiger partial charge < -0.3 is 0 Å². The third kappa shape index (κ3) is 3.83. The van der Waals surface area contributed by atoms with E-state index in [0.717, 1.165) is 37.2 Å². The van der Waals surface area contributed by atoms with Crippen molar-refractivity contribution in [2.75, 3.05) is 31.1 Å². The van der Waals surface area contributed by atoms with Gasteiger partial charge in [-0.1, -0.05) is 42.5 Å². The first-order valence-electron chi connectivity index (χ1n) is 9.25. The van der Waals surface area contributed by atoms with Crippen LogP contribution in [0, 0.1) is 0 Å². The van der Waals surface area contributed by atoms with Crippen LogP contribution in [-0.4, -0.2) is 53.8 Å². The Morgan fingerprint density at radius 2 is 1.56 bits per heavy atom. The van der Waals surface area contributed by atoms with Crippen molar-refractivity contribution < 1.29 is 9.59 Å². The van der Waals surface area contributed by atoms with E-state index in [-0.39, 0.29) is 24.3 Å². The van der Waals surface area contributed by atoms with E-state index in [2.05, 4.69) is 50.0 Å². The number of rotatable bonds is 4. The summed E-state index contributed by atoms with van der Waals surface area (Å²) in [5, 5.41) is 0. The lowest BCUT2D eigenvalue weighted by Gasteiger charge is -2.37. The molecule has 2 fully saturated rings. The molecule has 1 atom stereocenters. The quantitative estimate of drug-likeness (QED) is 0.703. The molecular formula is C21H22BrN3O2. The van der Waals surface area contributed by atoms with Crippen LogP contribution in [0.3, 0.4) is 0 Å². The summed E-state index contributed by atoms with van der Waals surface area (Å²) in [7, 11) is 0. The number of anilines is 1. The maximum atomic E-state index is 13.0. The predicted octanol–water partition coefficient (Wildman–Crippen LogP) is 2.90. The number of carbonyl (C=O) groups excluding carboxylic acids is 2. The number of hydrogen-bond donors (Lipinski definition) is 0. The van der Waals surface area contributed by atoms with Gasteiger partial charge in [-0.05, 0) is 33.6 Å². The molecule has 140 valence electrons. The van der Waals surface area contributed by atoms with Crippen molar-refractivity contribution >= 4 is 33.4 Å². The number of para-hydroxylation sites is 1. The highest BCUT2D eigenvalue weighted by atomic mass is 79.9. The summed E-state index contributed by atoms with van der Waals surface area (Å²) >= 11 is 3.45. The van der Waals surface area contributed by atoms with Crippen molar-refractivity contribution in [2.45, 2.75) is 19.0 Å². The fraction of sp³-hybridized carbons (Fsp3) is 0.333. The Balaban J connectivity index is 1.40. The Kier molecular flexibility index (Phi) is 5.38. The first-order chi connectivity index (χ1) is 13.1. The second kappa shape index (κ2) is 7.92. The van der Waals surface area contributed by atoms with Gasteiger partial charge in [0.15, 0.2) is 0 Å². The highest BCUT2D eigenvalue weighted by Crippen LogP contribution is 2.31. The average molecular weight is 428 g/mol. The number of benzene rings is 2. The van der Waals surface area contributed by atoms with Crippen LogP contribution in [0.2, 0.25) is 0 Å². The Morgan fingerprint density at radius 3 is 2.26 bits per heavy atom. The summed E-state index contributed by atoms with van der Waals surface area (Å²) in [4.78, 5) is 31.4. The SMILES string of the molecule is O=C1CC(N2CCN(Cc3ccccc3)CC2)C(=O)N1c1ccccc1Br. The van der Waals surface area contributed by atoms with Gasteiger partial charge in [0.05, 0.1) is 18.2 Å². The first-order valence-corrected chi connectivity index (χ1v) is 10.0. The number of nitrogens with zero attached hydrogens (tertiary/aromatic N) is 3. The lowest BCUT2D eigenvalue weighted by Crippen LogP contribution is -2.52. The molecule has 6 heteroatoms. The predicted molar refractivity (Wildman–Crippen MR) is 108 cm³/mol. The topological polar surface area (TPSA) is 43.9 Å². The molecule has 0 spiro atoms. The number of imide groups is 1. The minimum Gasteiger partial charge on any atom is -0.297 e. The number of hydrogen-bond acceptors (Lipinski definition) is 4. The van der Waals surface area contributed by atoms with E-state index in [9.17, 15) is 9.59 Å². The highest BCUT2D eigenvalue weighted by molar-refractivity contribution is 9.10. The van der Waals surface area contributed by atoms with Crippen molar-refractivity contribution in [3.05, 3.63) is 64.6 Å². The van der Waals surface area contributed by atoms with Gasteiger partial charge in [0, 0.05) is 37.2 Å². The molecule has 1 unspecified atom stereocenters. The molecule has 0 aromatic heterocycles. The van der Waals surface area contributed by atoms with Crippen molar-refractivity contribution in [3.63, 3.8) is 0 Å². The molecule has 2 aliphatic rings. The third-order valence-corrected chi connectivity index (χ3v) is 5.98. The van der Waals surface area contributed by atoms with Gasteiger partial charge in [0.25, 0.3) is 5.91 Å². The van der Waals surface area contributed by atoms with Gasteiger partial charge in [-0.25, -0.2) is 4.90 Å². The molecule has 27 heavy (non-hydrogen) atoms. The van der Waals surface area contributed by atoms with Gasteiger partial charge in [0.2, 0.25) is 5.91 Å². The summed E-state index contributed by atoms with van der Waals surface area (Å²) in [6.45, 7) is 4.35. The van der Waals surface area contributed by atoms with Crippen LogP contribution in [0.5, 0.6) is 0 Å². The Labute approximate surface area is 167 Å². The monoisotopic (exact) mass is 427 g/mol. The van der Waals surface area contributed by atoms with E-state index in [4.69, 9.17) is 0 Å². The van der Waals surface area contributed by atoms with Gasteiger partial charge in [0.1, 0.15) is 0 Å². The number of carbonyl (C=O) groups is 2. The second-order valence-corrected chi connectivity index (χ2v) is 7.89. The molecule has 0 radical (unpaired) electrons. The van der Waals surface area contributed by atoms with E-state index in [1.165, 1.54) is 10.5 Å². The molecule has 0 saturated carbocycles. The van der Waals surface area contributed by atoms with Crippen molar-refractivity contribution in [1.82, 2.24) is 9.80 Å². The first kappa shape index (κ1) is 18.3. The molecule has 2 heterocycles. The maximum Gasteiger partial charge on any atom is 0.251 e. The number of piperazine rings is 1. The van der Waals surface area contributed by atoms with E-state index in [1.54, 1.807) is 6.07 Å². The lowest BCUT2D eigenvalue weighted by molar-refractivity contribution is -0.123. The maximum absolute atomic E-state index is 13.0. The number of halogens is 1. The molecule has 5 nitrogen and oxygen atoms in total. The Bertz CT molecular complexity index is 834. The van der Waals surface area contributed by atoms with Crippen LogP contribution in [-0.2, 0) is 16.1 Å². The third-order valence-electron chi connectivity index (χ3n) is 5.31. The molecule has 2 aliphatic heterocycles. The van der Waals surface area contributed by atoms with Crippen LogP contribution in [0.4, 0.5) is 5.69 Å². The average Bonchev–Trinajstić information content (AvgIpc) is 2.98. The van der Waals surface area contributed by atoms with Gasteiger partial charge >= 0.3 is 0 Å². The molecule has 0 bridgehead atoms. The van der Waals surface area contributed by atoms with Crippen LogP contribution >= 0.6 is 15.9 Å². The fourth-order valence-electron chi connectivity index (χ4n) is 3.86. The van der Waals surface area contributed by atoms with E-state index >= 15 is 0 Å². The summed E-state index contributed by atoms with van der Waals surface area (Å²) in [5.41, 5.74) is 1.94. The summed E-state index contributed by atoms with van der Waals surface area (Å²) in [5.74, 6) is -0.230. The van der Waals surface area contributed by atoms with Gasteiger partial charge in [-0.3, -0.25) is 19.4 Å². The lowest BCUT2D eigenvalue weighted by atomic mass is 10.1. The zero-order valence-electron chi connectivity index (χ0n) is 15.1. The van der Waals surface area contributed by atoms with E-state index in [0.29, 0.717) is 5.69 Å². The van der Waals surface area contributed by atoms with Crippen molar-refractivity contribution in [3.8, 4) is 0 Å². The standard InChI is InChI=1S/C21H22BrN3O2/c22-17-8-4-5-9-18(17)25-20(26)14-19(21(25)27)24-12-10-23(11-13-24)15-16-6-2-1-3-7-16/h1-9,19H,10-15H2. The molecule has 2 amide bonds. The molecule has 0 N–H and O–H groups in total. The zero-order valence-corrected chi connectivity index (χ0v) is 16.6. The molecule has 2 aromatic rings. The largest absolute Gasteiger partial charge is 0.297 e. The highest BCUT2D eigenvalue weighted by Gasteiger charge is 2.43. The molecule has 4 rings (SSSR count). The molecular weight excluding hydrogens is 406 g/mol. The van der Waals surface area contributed by atoms with Gasteiger partial charge in [-0.15, -0.1) is 0 Å². The van der Waals surface area contributed by atoms with E-state index in [1.807, 2.05) is 24.3 Å².